The number of hydrogen-bond donors (Lipinski definition) is 1. The third-order valence-electron chi connectivity index (χ3n) is 3.37. The average molecular weight is 484 g/mol. The first-order chi connectivity index (χ1) is 9.93. The molecule has 0 spiro atoms. The van der Waals surface area contributed by atoms with Crippen LogP contribution in [0.25, 0.3) is 0 Å². The first-order valence-electron chi connectivity index (χ1n) is 6.41. The van der Waals surface area contributed by atoms with Crippen molar-refractivity contribution < 1.29 is 14.3 Å². The highest BCUT2D eigenvalue weighted by Crippen LogP contribution is 2.35. The molecule has 1 heterocycles. The van der Waals surface area contributed by atoms with E-state index >= 15 is 0 Å². The molecule has 114 valence electrons. The highest BCUT2D eigenvalue weighted by Gasteiger charge is 2.33. The molecule has 1 fully saturated rings. The van der Waals surface area contributed by atoms with Crippen LogP contribution in [0.1, 0.15) is 12.0 Å². The molecule has 0 saturated carbocycles. The lowest BCUT2D eigenvalue weighted by Gasteiger charge is -2.15. The van der Waals surface area contributed by atoms with Crippen LogP contribution < -0.4 is 10.1 Å². The van der Waals surface area contributed by atoms with Crippen molar-refractivity contribution in [2.24, 2.45) is 5.92 Å². The van der Waals surface area contributed by atoms with Crippen LogP contribution in [0, 0.1) is 5.92 Å². The number of nitrogens with one attached hydrogen (secondary N) is 1. The van der Waals surface area contributed by atoms with Crippen molar-refractivity contribution in [1.82, 2.24) is 5.32 Å². The Hall–Kier alpha value is -0.400. The molecule has 0 aromatic heterocycles. The van der Waals surface area contributed by atoms with Crippen LogP contribution in [0.2, 0.25) is 0 Å². The number of ketones is 1. The van der Waals surface area contributed by atoms with Gasteiger partial charge in [-0.25, -0.2) is 0 Å². The molecule has 1 saturated heterocycles. The summed E-state index contributed by atoms with van der Waals surface area (Å²) in [5.41, 5.74) is 0.893. The highest BCUT2D eigenvalue weighted by molar-refractivity contribution is 9.11. The molecule has 2 unspecified atom stereocenters. The molecule has 1 aromatic rings. The number of alkyl halides is 1. The van der Waals surface area contributed by atoms with Crippen molar-refractivity contribution in [2.45, 2.75) is 17.7 Å². The summed E-state index contributed by atoms with van der Waals surface area (Å²) >= 11 is 10.2. The van der Waals surface area contributed by atoms with E-state index in [4.69, 9.17) is 4.74 Å². The maximum absolute atomic E-state index is 12.3. The second-order valence-electron chi connectivity index (χ2n) is 4.80. The highest BCUT2D eigenvalue weighted by atomic mass is 79.9. The number of Topliss-reactive ketones (excluding diaryl/α,β-unsaturated/α-hetero) is 1. The van der Waals surface area contributed by atoms with Gasteiger partial charge in [0.25, 0.3) is 0 Å². The van der Waals surface area contributed by atoms with Crippen molar-refractivity contribution in [2.75, 3.05) is 13.7 Å². The zero-order valence-corrected chi connectivity index (χ0v) is 16.0. The summed E-state index contributed by atoms with van der Waals surface area (Å²) in [6.07, 6.45) is 0.991. The number of rotatable bonds is 3. The molecule has 7 heteroatoms. The second-order valence-corrected chi connectivity index (χ2v) is 7.61. The van der Waals surface area contributed by atoms with Crippen LogP contribution in [-0.2, 0) is 16.0 Å². The van der Waals surface area contributed by atoms with E-state index in [-0.39, 0.29) is 16.5 Å². The minimum atomic E-state index is -0.663. The minimum absolute atomic E-state index is 0.0620. The summed E-state index contributed by atoms with van der Waals surface area (Å²) in [6, 6.07) is 3.75. The van der Waals surface area contributed by atoms with Crippen LogP contribution >= 0.6 is 47.8 Å². The number of benzene rings is 1. The summed E-state index contributed by atoms with van der Waals surface area (Å²) in [4.78, 5) is 24.1. The molecule has 1 aliphatic rings. The Morgan fingerprint density at radius 2 is 1.90 bits per heavy atom. The smallest absolute Gasteiger partial charge is 0.230 e. The molecule has 1 N–H and O–H groups in total. The van der Waals surface area contributed by atoms with Gasteiger partial charge in [-0.3, -0.25) is 9.59 Å². The maximum Gasteiger partial charge on any atom is 0.230 e. The minimum Gasteiger partial charge on any atom is -0.494 e. The number of carbonyl (C=O) groups excluding carboxylic acids is 2. The average Bonchev–Trinajstić information content (AvgIpc) is 2.53. The van der Waals surface area contributed by atoms with Gasteiger partial charge in [-0.05, 0) is 62.4 Å². The number of methoxy groups -OCH3 is 1. The van der Waals surface area contributed by atoms with Gasteiger partial charge in [-0.1, -0.05) is 15.9 Å². The van der Waals surface area contributed by atoms with Crippen LogP contribution in [0.5, 0.6) is 5.75 Å². The quantitative estimate of drug-likeness (QED) is 0.530. The number of ether oxygens (including phenoxy) is 1. The Balaban J connectivity index is 2.27. The van der Waals surface area contributed by atoms with Crippen molar-refractivity contribution in [1.29, 1.82) is 0 Å². The summed E-state index contributed by atoms with van der Waals surface area (Å²) in [6.45, 7) is 0.521. The number of amides is 1. The molecule has 2 atom stereocenters. The predicted molar refractivity (Wildman–Crippen MR) is 90.9 cm³/mol. The van der Waals surface area contributed by atoms with E-state index in [9.17, 15) is 9.59 Å². The van der Waals surface area contributed by atoms with Crippen molar-refractivity contribution in [3.05, 3.63) is 26.6 Å². The molecule has 0 radical (unpaired) electrons. The lowest BCUT2D eigenvalue weighted by atomic mass is 9.93. The van der Waals surface area contributed by atoms with Gasteiger partial charge in [0.15, 0.2) is 5.78 Å². The van der Waals surface area contributed by atoms with Crippen LogP contribution in [0.4, 0.5) is 0 Å². The first-order valence-corrected chi connectivity index (χ1v) is 8.91. The number of carbonyl (C=O) groups is 2. The van der Waals surface area contributed by atoms with E-state index in [2.05, 4.69) is 53.1 Å². The fraction of sp³-hybridized carbons (Fsp3) is 0.429. The molecular weight excluding hydrogens is 470 g/mol. The number of hydrogen-bond acceptors (Lipinski definition) is 3. The van der Waals surface area contributed by atoms with Crippen LogP contribution in [-0.4, -0.2) is 30.2 Å². The predicted octanol–water partition coefficient (Wildman–Crippen LogP) is 3.23. The van der Waals surface area contributed by atoms with E-state index < -0.39 is 5.92 Å². The molecule has 0 bridgehead atoms. The summed E-state index contributed by atoms with van der Waals surface area (Å²) in [7, 11) is 1.59. The Bertz CT molecular complexity index is 554. The van der Waals surface area contributed by atoms with Crippen LogP contribution in [0.15, 0.2) is 21.1 Å². The normalized spacial score (nSPS) is 22.7. The summed E-state index contributed by atoms with van der Waals surface area (Å²) in [5, 5.41) is 2.79. The van der Waals surface area contributed by atoms with Crippen molar-refractivity contribution in [3.8, 4) is 5.75 Å². The van der Waals surface area contributed by atoms with E-state index in [1.165, 1.54) is 0 Å². The largest absolute Gasteiger partial charge is 0.494 e. The fourth-order valence-corrected chi connectivity index (χ4v) is 4.44. The SMILES string of the molecule is COc1c(Br)cc(CC2C(=O)NCCC(Br)C2=O)cc1Br. The van der Waals surface area contributed by atoms with Gasteiger partial charge >= 0.3 is 0 Å². The van der Waals surface area contributed by atoms with Gasteiger partial charge < -0.3 is 10.1 Å². The molecule has 1 aromatic carbocycles. The van der Waals surface area contributed by atoms with E-state index in [0.717, 1.165) is 14.5 Å². The Morgan fingerprint density at radius 1 is 1.29 bits per heavy atom. The van der Waals surface area contributed by atoms with Gasteiger partial charge in [-0.2, -0.15) is 0 Å². The van der Waals surface area contributed by atoms with Gasteiger partial charge in [0.2, 0.25) is 5.91 Å². The number of halogens is 3. The van der Waals surface area contributed by atoms with Crippen molar-refractivity contribution >= 4 is 59.5 Å². The summed E-state index contributed by atoms with van der Waals surface area (Å²) < 4.78 is 6.82. The standard InChI is InChI=1S/C14H14Br3NO3/c1-21-13-10(16)5-7(6-11(13)17)4-8-12(19)9(15)2-3-18-14(8)20/h5-6,8-9H,2-4H2,1H3,(H,18,20). The van der Waals surface area contributed by atoms with Gasteiger partial charge in [0.05, 0.1) is 20.9 Å². The molecule has 21 heavy (non-hydrogen) atoms. The molecular formula is C14H14Br3NO3. The van der Waals surface area contributed by atoms with Gasteiger partial charge in [0.1, 0.15) is 11.7 Å². The molecule has 4 nitrogen and oxygen atoms in total. The first kappa shape index (κ1) is 17.0. The Labute approximate surface area is 148 Å². The molecule has 0 aliphatic carbocycles. The van der Waals surface area contributed by atoms with E-state index in [0.29, 0.717) is 25.1 Å². The third-order valence-corrected chi connectivity index (χ3v) is 5.45. The maximum atomic E-state index is 12.3. The molecule has 1 aliphatic heterocycles. The lowest BCUT2D eigenvalue weighted by Crippen LogP contribution is -2.35. The van der Waals surface area contributed by atoms with Crippen LogP contribution in [0.3, 0.4) is 0 Å². The van der Waals surface area contributed by atoms with E-state index in [1.54, 1.807) is 7.11 Å². The second kappa shape index (κ2) is 7.24. The fourth-order valence-electron chi connectivity index (χ4n) is 2.29. The molecule has 1 amide bonds. The van der Waals surface area contributed by atoms with Gasteiger partial charge in [-0.15, -0.1) is 0 Å². The lowest BCUT2D eigenvalue weighted by molar-refractivity contribution is -0.132. The summed E-state index contributed by atoms with van der Waals surface area (Å²) in [5.74, 6) is -0.240. The van der Waals surface area contributed by atoms with E-state index in [1.807, 2.05) is 12.1 Å². The monoisotopic (exact) mass is 481 g/mol. The van der Waals surface area contributed by atoms with Gasteiger partial charge in [0, 0.05) is 6.54 Å². The Kier molecular flexibility index (Phi) is 5.85. The van der Waals surface area contributed by atoms with Crippen molar-refractivity contribution in [3.63, 3.8) is 0 Å². The Morgan fingerprint density at radius 3 is 2.48 bits per heavy atom. The topological polar surface area (TPSA) is 55.4 Å². The third kappa shape index (κ3) is 3.87. The zero-order chi connectivity index (χ0) is 15.6. The zero-order valence-electron chi connectivity index (χ0n) is 11.3. The molecule has 2 rings (SSSR count).